The molecule has 8 aromatic carbocycles. The molecule has 1 aromatic heterocycles. The van der Waals surface area contributed by atoms with Gasteiger partial charge < -0.3 is 14.7 Å². The van der Waals surface area contributed by atoms with Gasteiger partial charge in [-0.2, -0.15) is 0 Å². The molecule has 57 heavy (non-hydrogen) atoms. The first-order chi connectivity index (χ1) is 28.3. The lowest BCUT2D eigenvalue weighted by atomic mass is 9.36. The summed E-state index contributed by atoms with van der Waals surface area (Å²) in [7, 11) is 0. The van der Waals surface area contributed by atoms with E-state index in [0.717, 1.165) is 28.4 Å². The quantitative estimate of drug-likeness (QED) is 0.150. The Morgan fingerprint density at radius 1 is 0.404 bits per heavy atom. The summed E-state index contributed by atoms with van der Waals surface area (Å²) < 4.78 is 1.35. The number of thiophene rings is 1. The summed E-state index contributed by atoms with van der Waals surface area (Å²) in [6, 6.07) is 79.1. The molecule has 0 saturated carbocycles. The number of para-hydroxylation sites is 4. The monoisotopic (exact) mass is 745 g/mol. The molecule has 3 nitrogen and oxygen atoms in total. The Hall–Kier alpha value is -7.08. The number of fused-ring (bicyclic) bond motifs is 4. The third kappa shape index (κ3) is 5.50. The van der Waals surface area contributed by atoms with Crippen molar-refractivity contribution in [1.82, 2.24) is 0 Å². The number of nitrogens with zero attached hydrogens (tertiary/aromatic N) is 3. The van der Waals surface area contributed by atoms with Crippen LogP contribution in [0.3, 0.4) is 0 Å². The Balaban J connectivity index is 1.23. The molecule has 268 valence electrons. The van der Waals surface area contributed by atoms with Crippen LogP contribution in [-0.2, 0) is 0 Å². The Morgan fingerprint density at radius 3 is 1.47 bits per heavy atom. The summed E-state index contributed by atoms with van der Waals surface area (Å²) in [4.78, 5) is 8.67. The summed E-state index contributed by atoms with van der Waals surface area (Å²) in [6.07, 6.45) is 0. The van der Waals surface area contributed by atoms with Crippen LogP contribution in [0, 0.1) is 0 Å². The van der Waals surface area contributed by atoms with Crippen LogP contribution in [0.5, 0.6) is 0 Å². The van der Waals surface area contributed by atoms with E-state index in [1.807, 2.05) is 11.3 Å². The molecule has 0 atom stereocenters. The van der Waals surface area contributed by atoms with Gasteiger partial charge in [0.25, 0.3) is 6.71 Å². The molecule has 2 aliphatic rings. The van der Waals surface area contributed by atoms with Crippen LogP contribution in [0.1, 0.15) is 0 Å². The molecule has 0 amide bonds. The van der Waals surface area contributed by atoms with Crippen molar-refractivity contribution >= 4 is 84.9 Å². The molecular formula is C52H36BN3S. The minimum atomic E-state index is 0.00185. The van der Waals surface area contributed by atoms with Crippen molar-refractivity contribution in [2.24, 2.45) is 0 Å². The summed E-state index contributed by atoms with van der Waals surface area (Å²) in [5.41, 5.74) is 16.8. The molecule has 0 unspecified atom stereocenters. The van der Waals surface area contributed by atoms with E-state index in [0.29, 0.717) is 0 Å². The largest absolute Gasteiger partial charge is 0.311 e. The van der Waals surface area contributed by atoms with Crippen molar-refractivity contribution in [2.75, 3.05) is 14.7 Å². The summed E-state index contributed by atoms with van der Waals surface area (Å²) in [6.45, 7) is 0.00185. The number of anilines is 9. The van der Waals surface area contributed by atoms with Crippen LogP contribution < -0.4 is 30.4 Å². The fraction of sp³-hybridized carbons (Fsp3) is 0. The first kappa shape index (κ1) is 33.3. The number of hydrogen-bond donors (Lipinski definition) is 0. The number of rotatable bonds is 7. The smallest absolute Gasteiger partial charge is 0.264 e. The molecule has 0 bridgehead atoms. The molecular weight excluding hydrogens is 709 g/mol. The predicted octanol–water partition coefficient (Wildman–Crippen LogP) is 12.6. The zero-order valence-corrected chi connectivity index (χ0v) is 31.9. The summed E-state index contributed by atoms with van der Waals surface area (Å²) >= 11 is 1.94. The first-order valence-electron chi connectivity index (χ1n) is 19.5. The van der Waals surface area contributed by atoms with Gasteiger partial charge in [-0.15, -0.1) is 11.3 Å². The molecule has 5 heteroatoms. The maximum absolute atomic E-state index is 2.53. The third-order valence-corrected chi connectivity index (χ3v) is 12.5. The maximum Gasteiger partial charge on any atom is 0.264 e. The van der Waals surface area contributed by atoms with Gasteiger partial charge in [0, 0.05) is 60.7 Å². The normalized spacial score (nSPS) is 12.5. The Kier molecular flexibility index (Phi) is 8.11. The van der Waals surface area contributed by atoms with Crippen molar-refractivity contribution in [3.63, 3.8) is 0 Å². The standard InChI is InChI=1S/C52H36BN3S/c1-7-20-37(21-8-1)48-50-52(57-51(48)38-22-9-2-10-23-38)53-44-35-34-43(54(39-24-11-3-12-25-39)40-26-13-4-14-27-40)36-47(44)55(41-28-15-5-16-29-41)45-32-19-33-46(49(45)53)56(50)42-30-17-6-18-31-42/h1-36H. The minimum absolute atomic E-state index is 0.00185. The van der Waals surface area contributed by atoms with Crippen molar-refractivity contribution in [3.8, 4) is 21.6 Å². The molecule has 0 fully saturated rings. The molecule has 3 heterocycles. The van der Waals surface area contributed by atoms with Gasteiger partial charge in [-0.3, -0.25) is 0 Å². The van der Waals surface area contributed by atoms with Gasteiger partial charge in [0.2, 0.25) is 0 Å². The third-order valence-electron chi connectivity index (χ3n) is 11.2. The minimum Gasteiger partial charge on any atom is -0.311 e. The second-order valence-electron chi connectivity index (χ2n) is 14.5. The molecule has 11 rings (SSSR count). The fourth-order valence-electron chi connectivity index (χ4n) is 8.84. The predicted molar refractivity (Wildman–Crippen MR) is 244 cm³/mol. The van der Waals surface area contributed by atoms with E-state index in [2.05, 4.69) is 233 Å². The van der Waals surface area contributed by atoms with E-state index in [4.69, 9.17) is 0 Å². The average molecular weight is 746 g/mol. The molecule has 0 aliphatic carbocycles. The Bertz CT molecular complexity index is 2810. The van der Waals surface area contributed by atoms with Crippen molar-refractivity contribution in [3.05, 3.63) is 218 Å². The van der Waals surface area contributed by atoms with E-state index < -0.39 is 0 Å². The van der Waals surface area contributed by atoms with E-state index >= 15 is 0 Å². The molecule has 2 aliphatic heterocycles. The van der Waals surface area contributed by atoms with Gasteiger partial charge in [0.15, 0.2) is 0 Å². The second kappa shape index (κ2) is 13.9. The summed E-state index contributed by atoms with van der Waals surface area (Å²) in [5, 5.41) is 0. The van der Waals surface area contributed by atoms with Crippen molar-refractivity contribution in [1.29, 1.82) is 0 Å². The first-order valence-corrected chi connectivity index (χ1v) is 20.3. The van der Waals surface area contributed by atoms with Gasteiger partial charge in [-0.05, 0) is 94.8 Å². The van der Waals surface area contributed by atoms with Crippen LogP contribution in [-0.4, -0.2) is 6.71 Å². The van der Waals surface area contributed by atoms with Gasteiger partial charge in [0.05, 0.1) is 5.69 Å². The molecule has 9 aromatic rings. The topological polar surface area (TPSA) is 9.72 Å². The molecule has 0 N–H and O–H groups in total. The molecule has 0 radical (unpaired) electrons. The van der Waals surface area contributed by atoms with E-state index in [9.17, 15) is 0 Å². The molecule has 0 spiro atoms. The second-order valence-corrected chi connectivity index (χ2v) is 15.5. The van der Waals surface area contributed by atoms with Crippen LogP contribution in [0.4, 0.5) is 51.2 Å². The highest BCUT2D eigenvalue weighted by Gasteiger charge is 2.46. The lowest BCUT2D eigenvalue weighted by molar-refractivity contribution is 1.24. The lowest BCUT2D eigenvalue weighted by Gasteiger charge is -2.43. The van der Waals surface area contributed by atoms with E-state index in [1.54, 1.807) is 0 Å². The highest BCUT2D eigenvalue weighted by Crippen LogP contribution is 2.52. The Labute approximate surface area is 338 Å². The SMILES string of the molecule is c1ccc(-c2sc3c(c2-c2ccccc2)N(c2ccccc2)c2cccc4c2B3c2ccc(N(c3ccccc3)c3ccccc3)cc2N4c2ccccc2)cc1. The van der Waals surface area contributed by atoms with Crippen LogP contribution >= 0.6 is 11.3 Å². The zero-order chi connectivity index (χ0) is 37.7. The van der Waals surface area contributed by atoms with Gasteiger partial charge >= 0.3 is 0 Å². The maximum atomic E-state index is 2.53. The summed E-state index contributed by atoms with van der Waals surface area (Å²) in [5.74, 6) is 0. The lowest BCUT2D eigenvalue weighted by Crippen LogP contribution is -2.60. The fourth-order valence-corrected chi connectivity index (χ4v) is 10.3. The highest BCUT2D eigenvalue weighted by atomic mass is 32.1. The van der Waals surface area contributed by atoms with Crippen LogP contribution in [0.15, 0.2) is 218 Å². The number of benzene rings is 8. The zero-order valence-electron chi connectivity index (χ0n) is 31.1. The van der Waals surface area contributed by atoms with E-state index in [1.165, 1.54) is 60.0 Å². The average Bonchev–Trinajstić information content (AvgIpc) is 3.68. The highest BCUT2D eigenvalue weighted by molar-refractivity contribution is 7.31. The van der Waals surface area contributed by atoms with Gasteiger partial charge in [0.1, 0.15) is 0 Å². The molecule has 0 saturated heterocycles. The van der Waals surface area contributed by atoms with E-state index in [-0.39, 0.29) is 6.71 Å². The van der Waals surface area contributed by atoms with Crippen LogP contribution in [0.2, 0.25) is 0 Å². The van der Waals surface area contributed by atoms with Gasteiger partial charge in [-0.25, -0.2) is 0 Å². The van der Waals surface area contributed by atoms with Gasteiger partial charge in [-0.1, -0.05) is 146 Å². The number of hydrogen-bond acceptors (Lipinski definition) is 4. The van der Waals surface area contributed by atoms with Crippen LogP contribution in [0.25, 0.3) is 21.6 Å². The van der Waals surface area contributed by atoms with Crippen molar-refractivity contribution in [2.45, 2.75) is 0 Å². The Morgan fingerprint density at radius 2 is 0.895 bits per heavy atom. The van der Waals surface area contributed by atoms with Crippen molar-refractivity contribution < 1.29 is 0 Å².